The second-order valence-electron chi connectivity index (χ2n) is 19.9. The molecule has 10 heteroatoms. The quantitative estimate of drug-likeness (QED) is 0.0195. The fourth-order valence-corrected chi connectivity index (χ4v) is 8.14. The lowest BCUT2D eigenvalue weighted by Gasteiger charge is -2.28. The molecule has 0 rings (SSSR count). The number of hydrogen-bond donors (Lipinski definition) is 0. The number of allylic oxidation sites excluding steroid dienone is 18. The van der Waals surface area contributed by atoms with Crippen LogP contribution in [0.4, 0.5) is 0 Å². The monoisotopic (exact) mass is 1020 g/mol. The Hall–Kier alpha value is -3.33. The summed E-state index contributed by atoms with van der Waals surface area (Å²) in [4.78, 5) is 37.8. The number of likely N-dealkylation sites (N-methyl/N-ethyl adjacent to an activating group) is 1. The Morgan fingerprint density at radius 3 is 1.18 bits per heavy atom. The van der Waals surface area contributed by atoms with E-state index >= 15 is 0 Å². The summed E-state index contributed by atoms with van der Waals surface area (Å²) in [5.41, 5.74) is 0. The zero-order valence-corrected chi connectivity index (χ0v) is 47.5. The van der Waals surface area contributed by atoms with Crippen molar-refractivity contribution in [2.24, 2.45) is 0 Å². The zero-order valence-electron chi connectivity index (χ0n) is 46.6. The van der Waals surface area contributed by atoms with Crippen molar-refractivity contribution in [1.29, 1.82) is 0 Å². The number of carbonyl (C=O) groups is 2. The molecule has 412 valence electrons. The van der Waals surface area contributed by atoms with Gasteiger partial charge in [0, 0.05) is 12.8 Å². The maximum absolute atomic E-state index is 12.8. The predicted molar refractivity (Wildman–Crippen MR) is 305 cm³/mol. The highest BCUT2D eigenvalue weighted by molar-refractivity contribution is 7.45. The number of quaternary nitrogens is 1. The molecule has 2 unspecified atom stereocenters. The Labute approximate surface area is 442 Å². The molecule has 0 aromatic heterocycles. The Balaban J connectivity index is 4.17. The highest BCUT2D eigenvalue weighted by Gasteiger charge is 2.21. The number of hydrogen-bond acceptors (Lipinski definition) is 8. The van der Waals surface area contributed by atoms with Gasteiger partial charge in [0.1, 0.15) is 19.8 Å². The smallest absolute Gasteiger partial charge is 0.306 e. The number of esters is 2. The van der Waals surface area contributed by atoms with Gasteiger partial charge in [-0.1, -0.05) is 232 Å². The van der Waals surface area contributed by atoms with Gasteiger partial charge in [0.2, 0.25) is 0 Å². The molecule has 0 aliphatic rings. The van der Waals surface area contributed by atoms with Crippen LogP contribution in [0.15, 0.2) is 109 Å². The van der Waals surface area contributed by atoms with Gasteiger partial charge in [0.05, 0.1) is 27.7 Å². The van der Waals surface area contributed by atoms with Crippen LogP contribution in [0.3, 0.4) is 0 Å². The lowest BCUT2D eigenvalue weighted by molar-refractivity contribution is -0.870. The minimum absolute atomic E-state index is 0.0372. The van der Waals surface area contributed by atoms with Crippen molar-refractivity contribution in [2.75, 3.05) is 47.5 Å². The largest absolute Gasteiger partial charge is 0.756 e. The van der Waals surface area contributed by atoms with Crippen LogP contribution in [-0.4, -0.2) is 70.0 Å². The molecular weight excluding hydrogens is 918 g/mol. The van der Waals surface area contributed by atoms with Crippen LogP contribution >= 0.6 is 7.82 Å². The van der Waals surface area contributed by atoms with E-state index in [1.807, 2.05) is 21.1 Å². The van der Waals surface area contributed by atoms with Crippen LogP contribution in [0.2, 0.25) is 0 Å². The van der Waals surface area contributed by atoms with Gasteiger partial charge in [-0.05, 0) is 83.5 Å². The third-order valence-electron chi connectivity index (χ3n) is 11.8. The van der Waals surface area contributed by atoms with Crippen molar-refractivity contribution < 1.29 is 42.1 Å². The zero-order chi connectivity index (χ0) is 52.7. The van der Waals surface area contributed by atoms with Gasteiger partial charge in [-0.2, -0.15) is 0 Å². The van der Waals surface area contributed by atoms with Gasteiger partial charge in [0.15, 0.2) is 6.10 Å². The van der Waals surface area contributed by atoms with Gasteiger partial charge in [-0.15, -0.1) is 0 Å². The van der Waals surface area contributed by atoms with E-state index in [0.717, 1.165) is 103 Å². The average Bonchev–Trinajstić information content (AvgIpc) is 3.34. The van der Waals surface area contributed by atoms with E-state index in [4.69, 9.17) is 18.5 Å². The van der Waals surface area contributed by atoms with Crippen LogP contribution in [0.5, 0.6) is 0 Å². The second kappa shape index (κ2) is 52.5. The summed E-state index contributed by atoms with van der Waals surface area (Å²) in [5.74, 6) is -0.849. The molecular formula is C62H106NO8P. The summed E-state index contributed by atoms with van der Waals surface area (Å²) in [6.07, 6.45) is 72.8. The van der Waals surface area contributed by atoms with E-state index in [9.17, 15) is 19.0 Å². The van der Waals surface area contributed by atoms with Crippen LogP contribution in [-0.2, 0) is 32.7 Å². The molecule has 0 amide bonds. The third-order valence-corrected chi connectivity index (χ3v) is 12.8. The van der Waals surface area contributed by atoms with Crippen molar-refractivity contribution in [3.63, 3.8) is 0 Å². The van der Waals surface area contributed by atoms with Crippen LogP contribution in [0.25, 0.3) is 0 Å². The van der Waals surface area contributed by atoms with E-state index in [-0.39, 0.29) is 32.0 Å². The predicted octanol–water partition coefficient (Wildman–Crippen LogP) is 17.2. The normalized spacial score (nSPS) is 14.1. The number of phosphoric ester groups is 1. The molecule has 0 N–H and O–H groups in total. The lowest BCUT2D eigenvalue weighted by Crippen LogP contribution is -2.37. The van der Waals surface area contributed by atoms with Crippen LogP contribution in [0.1, 0.15) is 219 Å². The molecule has 0 bridgehead atoms. The molecule has 9 nitrogen and oxygen atoms in total. The maximum Gasteiger partial charge on any atom is 0.306 e. The first-order valence-corrected chi connectivity index (χ1v) is 30.1. The minimum Gasteiger partial charge on any atom is -0.756 e. The van der Waals surface area contributed by atoms with Crippen molar-refractivity contribution in [3.8, 4) is 0 Å². The molecule has 0 aromatic carbocycles. The number of rotatable bonds is 51. The van der Waals surface area contributed by atoms with Gasteiger partial charge in [-0.3, -0.25) is 14.2 Å². The summed E-state index contributed by atoms with van der Waals surface area (Å²) in [7, 11) is 1.15. The first kappa shape index (κ1) is 68.7. The number of carbonyl (C=O) groups excluding carboxylic acids is 2. The minimum atomic E-state index is -4.64. The Bertz CT molecular complexity index is 1580. The van der Waals surface area contributed by atoms with E-state index in [2.05, 4.69) is 123 Å². The molecule has 0 aromatic rings. The van der Waals surface area contributed by atoms with E-state index < -0.39 is 26.5 Å². The fourth-order valence-electron chi connectivity index (χ4n) is 7.41. The van der Waals surface area contributed by atoms with Crippen molar-refractivity contribution >= 4 is 19.8 Å². The molecule has 0 radical (unpaired) electrons. The molecule has 2 atom stereocenters. The Morgan fingerprint density at radius 2 is 0.792 bits per heavy atom. The second-order valence-corrected chi connectivity index (χ2v) is 21.3. The molecule has 0 saturated carbocycles. The molecule has 72 heavy (non-hydrogen) atoms. The van der Waals surface area contributed by atoms with E-state index in [1.165, 1.54) is 83.5 Å². The number of nitrogens with zero attached hydrogens (tertiary/aromatic N) is 1. The molecule has 0 saturated heterocycles. The fraction of sp³-hybridized carbons (Fsp3) is 0.677. The SMILES string of the molecule is CC/C=C\C/C=C\C/C=C\C/C=C\C/C=C\C/C=C\C/C=C\C/C=C\C/C=C\CCCCCCCCCC(=O)OC(COC(=O)CCCCCCCCCCCCCCC)COP(=O)([O-])OCC[N+](C)(C)C. The Morgan fingerprint density at radius 1 is 0.444 bits per heavy atom. The summed E-state index contributed by atoms with van der Waals surface area (Å²) < 4.78 is 34.1. The lowest BCUT2D eigenvalue weighted by atomic mass is 10.0. The van der Waals surface area contributed by atoms with Gasteiger partial charge >= 0.3 is 11.9 Å². The summed E-state index contributed by atoms with van der Waals surface area (Å²) >= 11 is 0. The first-order valence-electron chi connectivity index (χ1n) is 28.6. The summed E-state index contributed by atoms with van der Waals surface area (Å²) in [6, 6.07) is 0. The van der Waals surface area contributed by atoms with Gasteiger partial charge in [-0.25, -0.2) is 0 Å². The molecule has 0 fully saturated rings. The number of unbranched alkanes of at least 4 members (excludes halogenated alkanes) is 19. The van der Waals surface area contributed by atoms with E-state index in [0.29, 0.717) is 17.4 Å². The highest BCUT2D eigenvalue weighted by Crippen LogP contribution is 2.38. The van der Waals surface area contributed by atoms with Crippen molar-refractivity contribution in [1.82, 2.24) is 0 Å². The first-order chi connectivity index (χ1) is 35.0. The standard InChI is InChI=1S/C62H106NO8P/c1-6-8-10-12-14-16-18-20-21-22-23-24-25-26-27-28-29-30-31-32-33-34-35-36-37-38-39-40-41-43-45-47-49-51-53-55-62(65)71-60(59-70-72(66,67)69-57-56-63(3,4)5)58-68-61(64)54-52-50-48-46-44-42-19-17-15-13-11-9-7-2/h8,10,14,16,20-21,23-24,26-27,29-30,32-33,35-36,38-39,60H,6-7,9,11-13,15,17-19,22,25,28,31,34,37,40-59H2,1-5H3/b10-8-,16-14-,21-20-,24-23-,27-26-,30-29-,33-32-,36-35-,39-38-. The molecule has 0 spiro atoms. The van der Waals surface area contributed by atoms with Crippen molar-refractivity contribution in [2.45, 2.75) is 225 Å². The van der Waals surface area contributed by atoms with Gasteiger partial charge in [0.25, 0.3) is 7.82 Å². The van der Waals surface area contributed by atoms with Crippen LogP contribution < -0.4 is 4.89 Å². The summed E-state index contributed by atoms with van der Waals surface area (Å²) in [5, 5.41) is 0. The maximum atomic E-state index is 12.8. The highest BCUT2D eigenvalue weighted by atomic mass is 31.2. The Kier molecular flexibility index (Phi) is 50.1. The van der Waals surface area contributed by atoms with Crippen LogP contribution in [0, 0.1) is 0 Å². The number of ether oxygens (including phenoxy) is 2. The topological polar surface area (TPSA) is 111 Å². The number of phosphoric acid groups is 1. The average molecular weight is 1020 g/mol. The summed E-state index contributed by atoms with van der Waals surface area (Å²) in [6.45, 7) is 4.10. The third kappa shape index (κ3) is 56.0. The molecule has 0 aliphatic heterocycles. The molecule has 0 aliphatic carbocycles. The van der Waals surface area contributed by atoms with E-state index in [1.54, 1.807) is 0 Å². The van der Waals surface area contributed by atoms with Crippen molar-refractivity contribution in [3.05, 3.63) is 109 Å². The van der Waals surface area contributed by atoms with Gasteiger partial charge < -0.3 is 27.9 Å². The molecule has 0 heterocycles.